The molecule has 25 heavy (non-hydrogen) atoms. The van der Waals surface area contributed by atoms with Crippen molar-refractivity contribution in [2.24, 2.45) is 0 Å². The van der Waals surface area contributed by atoms with Gasteiger partial charge in [-0.05, 0) is 25.5 Å². The van der Waals surface area contributed by atoms with Gasteiger partial charge in [0.2, 0.25) is 5.91 Å². The Morgan fingerprint density at radius 1 is 1.24 bits per heavy atom. The first-order valence-corrected chi connectivity index (χ1v) is 8.58. The zero-order valence-electron chi connectivity index (χ0n) is 14.6. The fourth-order valence-corrected chi connectivity index (χ4v) is 3.59. The highest BCUT2D eigenvalue weighted by molar-refractivity contribution is 8.00. The lowest BCUT2D eigenvalue weighted by Crippen LogP contribution is -2.26. The number of carbonyl (C=O) groups excluding carboxylic acids is 2. The molecule has 0 spiro atoms. The van der Waals surface area contributed by atoms with Gasteiger partial charge in [-0.15, -0.1) is 0 Å². The van der Waals surface area contributed by atoms with Crippen LogP contribution in [0.1, 0.15) is 39.4 Å². The predicted molar refractivity (Wildman–Crippen MR) is 97.4 cm³/mol. The number of benzene rings is 1. The predicted octanol–water partition coefficient (Wildman–Crippen LogP) is 3.39. The van der Waals surface area contributed by atoms with Crippen LogP contribution in [0.15, 0.2) is 41.4 Å². The van der Waals surface area contributed by atoms with E-state index < -0.39 is 5.25 Å². The van der Waals surface area contributed by atoms with Crippen molar-refractivity contribution in [1.82, 2.24) is 9.88 Å². The summed E-state index contributed by atoms with van der Waals surface area (Å²) in [5, 5.41) is 9.37. The number of ketones is 1. The van der Waals surface area contributed by atoms with Crippen molar-refractivity contribution >= 4 is 23.5 Å². The molecule has 2 aromatic rings. The van der Waals surface area contributed by atoms with Gasteiger partial charge >= 0.3 is 0 Å². The van der Waals surface area contributed by atoms with E-state index >= 15 is 0 Å². The molecule has 1 aromatic heterocycles. The Kier molecular flexibility index (Phi) is 5.94. The van der Waals surface area contributed by atoms with Crippen molar-refractivity contribution in [2.75, 3.05) is 14.1 Å². The summed E-state index contributed by atoms with van der Waals surface area (Å²) >= 11 is 1.23. The summed E-state index contributed by atoms with van der Waals surface area (Å²) in [4.78, 5) is 30.3. The maximum absolute atomic E-state index is 12.6. The average molecular weight is 353 g/mol. The van der Waals surface area contributed by atoms with Crippen molar-refractivity contribution in [1.29, 1.82) is 5.26 Å². The van der Waals surface area contributed by atoms with Crippen molar-refractivity contribution in [3.63, 3.8) is 0 Å². The minimum atomic E-state index is -0.515. The molecule has 0 saturated carbocycles. The molecule has 0 unspecified atom stereocenters. The van der Waals surface area contributed by atoms with Gasteiger partial charge in [0.1, 0.15) is 16.3 Å². The zero-order chi connectivity index (χ0) is 18.6. The van der Waals surface area contributed by atoms with Gasteiger partial charge in [-0.25, -0.2) is 4.98 Å². The number of Topliss-reactive ketones (excluding diaryl/α,β-unsaturated/α-hetero) is 1. The number of nitriles is 1. The summed E-state index contributed by atoms with van der Waals surface area (Å²) in [6.07, 6.45) is 0. The number of nitrogens with zero attached hydrogens (tertiary/aromatic N) is 3. The molecule has 0 N–H and O–H groups in total. The van der Waals surface area contributed by atoms with Crippen LogP contribution in [0.2, 0.25) is 0 Å². The van der Waals surface area contributed by atoms with Gasteiger partial charge in [0.25, 0.3) is 0 Å². The third kappa shape index (κ3) is 4.25. The van der Waals surface area contributed by atoms with Crippen molar-refractivity contribution in [2.45, 2.75) is 24.1 Å². The number of likely N-dealkylation sites (N-methyl/N-ethyl adjacent to an activating group) is 1. The molecule has 128 valence electrons. The lowest BCUT2D eigenvalue weighted by atomic mass is 10.1. The second kappa shape index (κ2) is 7.95. The molecule has 0 saturated heterocycles. The van der Waals surface area contributed by atoms with Crippen LogP contribution in [0.3, 0.4) is 0 Å². The Hall–Kier alpha value is -2.65. The van der Waals surface area contributed by atoms with Crippen LogP contribution in [0.4, 0.5) is 0 Å². The molecule has 0 bridgehead atoms. The molecule has 1 amide bonds. The van der Waals surface area contributed by atoms with Crippen molar-refractivity contribution in [3.05, 3.63) is 58.8 Å². The third-order valence-electron chi connectivity index (χ3n) is 3.67. The summed E-state index contributed by atoms with van der Waals surface area (Å²) in [6.45, 7) is 3.17. The van der Waals surface area contributed by atoms with Crippen LogP contribution in [-0.2, 0) is 4.79 Å². The monoisotopic (exact) mass is 353 g/mol. The molecule has 0 aliphatic heterocycles. The van der Waals surface area contributed by atoms with Gasteiger partial charge in [-0.1, -0.05) is 42.1 Å². The number of amides is 1. The lowest BCUT2D eigenvalue weighted by Gasteiger charge is -2.21. The molecule has 2 rings (SSSR count). The molecular formula is C19H19N3O2S. The fourth-order valence-electron chi connectivity index (χ4n) is 2.34. The van der Waals surface area contributed by atoms with Gasteiger partial charge < -0.3 is 4.90 Å². The van der Waals surface area contributed by atoms with E-state index in [-0.39, 0.29) is 11.7 Å². The second-order valence-electron chi connectivity index (χ2n) is 5.78. The van der Waals surface area contributed by atoms with Gasteiger partial charge in [-0.2, -0.15) is 5.26 Å². The van der Waals surface area contributed by atoms with Crippen molar-refractivity contribution < 1.29 is 9.59 Å². The molecule has 0 aliphatic carbocycles. The van der Waals surface area contributed by atoms with Crippen LogP contribution in [-0.4, -0.2) is 35.7 Å². The first-order valence-electron chi connectivity index (χ1n) is 7.70. The highest BCUT2D eigenvalue weighted by atomic mass is 32.2. The van der Waals surface area contributed by atoms with E-state index in [2.05, 4.69) is 11.1 Å². The number of pyridine rings is 1. The van der Waals surface area contributed by atoms with Crippen LogP contribution >= 0.6 is 11.8 Å². The molecular weight excluding hydrogens is 334 g/mol. The van der Waals surface area contributed by atoms with Gasteiger partial charge in [0.15, 0.2) is 5.78 Å². The summed E-state index contributed by atoms with van der Waals surface area (Å²) < 4.78 is 0. The van der Waals surface area contributed by atoms with E-state index in [0.717, 1.165) is 5.56 Å². The molecule has 1 atom stereocenters. The maximum Gasteiger partial charge on any atom is 0.240 e. The van der Waals surface area contributed by atoms with E-state index in [1.54, 1.807) is 27.1 Å². The molecule has 0 aliphatic rings. The van der Waals surface area contributed by atoms with Crippen LogP contribution < -0.4 is 0 Å². The summed E-state index contributed by atoms with van der Waals surface area (Å²) in [7, 11) is 3.39. The minimum Gasteiger partial charge on any atom is -0.348 e. The van der Waals surface area contributed by atoms with Gasteiger partial charge in [-0.3, -0.25) is 9.59 Å². The summed E-state index contributed by atoms with van der Waals surface area (Å²) in [6, 6.07) is 13.0. The molecule has 6 heteroatoms. The van der Waals surface area contributed by atoms with Gasteiger partial charge in [0.05, 0.1) is 5.56 Å². The number of aromatic nitrogens is 1. The fraction of sp³-hybridized carbons (Fsp3) is 0.263. The first kappa shape index (κ1) is 18.7. The smallest absolute Gasteiger partial charge is 0.240 e. The number of rotatable bonds is 5. The molecule has 5 nitrogen and oxygen atoms in total. The Bertz CT molecular complexity index is 842. The average Bonchev–Trinajstić information content (AvgIpc) is 2.59. The van der Waals surface area contributed by atoms with Crippen molar-refractivity contribution in [3.8, 4) is 6.07 Å². The van der Waals surface area contributed by atoms with E-state index in [4.69, 9.17) is 0 Å². The Balaban J connectivity index is 2.49. The number of thioether (sulfide) groups is 1. The second-order valence-corrected chi connectivity index (χ2v) is 6.88. The largest absolute Gasteiger partial charge is 0.348 e. The highest BCUT2D eigenvalue weighted by Gasteiger charge is 2.26. The normalized spacial score (nSPS) is 11.5. The first-order chi connectivity index (χ1) is 11.8. The lowest BCUT2D eigenvalue weighted by molar-refractivity contribution is -0.128. The third-order valence-corrected chi connectivity index (χ3v) is 4.92. The SMILES string of the molecule is CC(=O)c1cc(C#N)c(S[C@H](C(=O)N(C)C)c2ccccc2)nc1C. The minimum absolute atomic E-state index is 0.0878. The summed E-state index contributed by atoms with van der Waals surface area (Å²) in [5.41, 5.74) is 2.12. The number of aryl methyl sites for hydroxylation is 1. The number of hydrogen-bond donors (Lipinski definition) is 0. The van der Waals surface area contributed by atoms with Crippen LogP contribution in [0.5, 0.6) is 0 Å². The quantitative estimate of drug-likeness (QED) is 0.608. The molecule has 0 fully saturated rings. The van der Waals surface area contributed by atoms with E-state index in [1.807, 2.05) is 30.3 Å². The molecule has 1 heterocycles. The van der Waals surface area contributed by atoms with Crippen LogP contribution in [0.25, 0.3) is 0 Å². The van der Waals surface area contributed by atoms with Crippen LogP contribution in [0, 0.1) is 18.3 Å². The number of carbonyl (C=O) groups is 2. The number of hydrogen-bond acceptors (Lipinski definition) is 5. The highest BCUT2D eigenvalue weighted by Crippen LogP contribution is 2.37. The Morgan fingerprint density at radius 2 is 1.88 bits per heavy atom. The summed E-state index contributed by atoms with van der Waals surface area (Å²) in [5.74, 6) is -0.225. The maximum atomic E-state index is 12.6. The topological polar surface area (TPSA) is 74.1 Å². The van der Waals surface area contributed by atoms with Gasteiger partial charge in [0, 0.05) is 25.4 Å². The Labute approximate surface area is 151 Å². The Morgan fingerprint density at radius 3 is 2.40 bits per heavy atom. The standard InChI is InChI=1S/C19H19N3O2S/c1-12-16(13(2)23)10-15(11-20)18(21-12)25-17(19(24)22(3)4)14-8-6-5-7-9-14/h5-10,17H,1-4H3/t17-/m0/s1. The van der Waals surface area contributed by atoms with E-state index in [9.17, 15) is 14.9 Å². The van der Waals surface area contributed by atoms with E-state index in [0.29, 0.717) is 21.8 Å². The van der Waals surface area contributed by atoms with E-state index in [1.165, 1.54) is 23.6 Å². The molecule has 1 aromatic carbocycles. The molecule has 0 radical (unpaired) electrons. The zero-order valence-corrected chi connectivity index (χ0v) is 15.4.